The molecule has 1 aromatic heterocycles. The number of nitrogens with zero attached hydrogens (tertiary/aromatic N) is 2. The van der Waals surface area contributed by atoms with Gasteiger partial charge in [0.1, 0.15) is 0 Å². The van der Waals surface area contributed by atoms with E-state index in [0.717, 1.165) is 24.2 Å². The Hall–Kier alpha value is -0.870. The fourth-order valence-electron chi connectivity index (χ4n) is 2.45. The van der Waals surface area contributed by atoms with Crippen LogP contribution in [0.1, 0.15) is 43.0 Å². The van der Waals surface area contributed by atoms with Crippen molar-refractivity contribution in [2.24, 2.45) is 7.05 Å². The first-order valence-electron chi connectivity index (χ1n) is 6.10. The van der Waals surface area contributed by atoms with Crippen LogP contribution in [0.25, 0.3) is 0 Å². The molecule has 0 spiro atoms. The van der Waals surface area contributed by atoms with Crippen LogP contribution in [0.15, 0.2) is 6.20 Å². The number of aliphatic hydroxyl groups excluding tert-OH is 1. The maximum Gasteiger partial charge on any atom is 0.0975 e. The zero-order valence-electron chi connectivity index (χ0n) is 10.1. The average Bonchev–Trinajstić information content (AvgIpc) is 2.49. The lowest BCUT2D eigenvalue weighted by Gasteiger charge is -2.21. The molecule has 4 heteroatoms. The van der Waals surface area contributed by atoms with Gasteiger partial charge in [-0.15, -0.1) is 0 Å². The molecule has 2 unspecified atom stereocenters. The summed E-state index contributed by atoms with van der Waals surface area (Å²) in [5.74, 6) is 0. The van der Waals surface area contributed by atoms with E-state index in [9.17, 15) is 5.11 Å². The van der Waals surface area contributed by atoms with Gasteiger partial charge >= 0.3 is 0 Å². The molecule has 1 saturated heterocycles. The molecule has 1 fully saturated rings. The van der Waals surface area contributed by atoms with Gasteiger partial charge in [0.05, 0.1) is 11.8 Å². The van der Waals surface area contributed by atoms with E-state index in [2.05, 4.69) is 10.4 Å². The predicted molar refractivity (Wildman–Crippen MR) is 63.2 cm³/mol. The number of aliphatic hydroxyl groups is 1. The van der Waals surface area contributed by atoms with E-state index in [1.54, 1.807) is 4.68 Å². The highest BCUT2D eigenvalue weighted by molar-refractivity contribution is 5.20. The summed E-state index contributed by atoms with van der Waals surface area (Å²) in [6.45, 7) is 2.97. The number of hydrogen-bond acceptors (Lipinski definition) is 3. The molecule has 1 aliphatic rings. The lowest BCUT2D eigenvalue weighted by molar-refractivity contribution is 0.125. The van der Waals surface area contributed by atoms with Gasteiger partial charge in [0.15, 0.2) is 0 Å². The van der Waals surface area contributed by atoms with Gasteiger partial charge in [-0.05, 0) is 26.3 Å². The van der Waals surface area contributed by atoms with Crippen molar-refractivity contribution in [2.75, 3.05) is 6.54 Å². The largest absolute Gasteiger partial charge is 0.387 e. The molecule has 2 rings (SSSR count). The Morgan fingerprint density at radius 1 is 1.50 bits per heavy atom. The number of aryl methyl sites for hydroxylation is 2. The van der Waals surface area contributed by atoms with Crippen LogP contribution in [-0.2, 0) is 7.05 Å². The van der Waals surface area contributed by atoms with Gasteiger partial charge in [0.2, 0.25) is 0 Å². The van der Waals surface area contributed by atoms with E-state index in [4.69, 9.17) is 0 Å². The molecule has 2 N–H and O–H groups in total. The zero-order chi connectivity index (χ0) is 11.5. The van der Waals surface area contributed by atoms with Crippen LogP contribution in [0, 0.1) is 6.92 Å². The minimum absolute atomic E-state index is 0.186. The summed E-state index contributed by atoms with van der Waals surface area (Å²) in [5, 5.41) is 18.1. The molecule has 0 aliphatic carbocycles. The molecule has 16 heavy (non-hydrogen) atoms. The summed E-state index contributed by atoms with van der Waals surface area (Å²) in [6.07, 6.45) is 6.24. The van der Waals surface area contributed by atoms with Gasteiger partial charge < -0.3 is 10.4 Å². The molecule has 0 aromatic carbocycles. The molecule has 90 valence electrons. The van der Waals surface area contributed by atoms with Crippen molar-refractivity contribution in [1.82, 2.24) is 15.1 Å². The van der Waals surface area contributed by atoms with Gasteiger partial charge in [-0.25, -0.2) is 0 Å². The van der Waals surface area contributed by atoms with Crippen LogP contribution < -0.4 is 5.32 Å². The molecule has 4 nitrogen and oxygen atoms in total. The van der Waals surface area contributed by atoms with Gasteiger partial charge in [0.25, 0.3) is 0 Å². The lowest BCUT2D eigenvalue weighted by Crippen LogP contribution is -2.34. The van der Waals surface area contributed by atoms with Crippen molar-refractivity contribution in [3.05, 3.63) is 17.5 Å². The second-order valence-corrected chi connectivity index (χ2v) is 4.70. The smallest absolute Gasteiger partial charge is 0.0975 e. The molecule has 0 saturated carbocycles. The van der Waals surface area contributed by atoms with Crippen molar-refractivity contribution in [1.29, 1.82) is 0 Å². The summed E-state index contributed by atoms with van der Waals surface area (Å²) in [7, 11) is 1.89. The SMILES string of the molecule is Cc1nn(C)cc1C(O)C1CCCCCN1. The van der Waals surface area contributed by atoms with E-state index >= 15 is 0 Å². The van der Waals surface area contributed by atoms with E-state index in [-0.39, 0.29) is 6.04 Å². The Bertz CT molecular complexity index is 340. The summed E-state index contributed by atoms with van der Waals surface area (Å²) < 4.78 is 1.77. The molecular formula is C12H21N3O. The minimum atomic E-state index is -0.424. The van der Waals surface area contributed by atoms with Gasteiger partial charge in [-0.1, -0.05) is 12.8 Å². The topological polar surface area (TPSA) is 50.1 Å². The highest BCUT2D eigenvalue weighted by Crippen LogP contribution is 2.24. The van der Waals surface area contributed by atoms with E-state index in [0.29, 0.717) is 0 Å². The highest BCUT2D eigenvalue weighted by Gasteiger charge is 2.24. The van der Waals surface area contributed by atoms with Crippen LogP contribution in [0.5, 0.6) is 0 Å². The third kappa shape index (κ3) is 2.44. The van der Waals surface area contributed by atoms with Crippen LogP contribution in [0.2, 0.25) is 0 Å². The number of nitrogens with one attached hydrogen (secondary N) is 1. The Morgan fingerprint density at radius 2 is 2.31 bits per heavy atom. The quantitative estimate of drug-likeness (QED) is 0.794. The normalized spacial score (nSPS) is 24.1. The fourth-order valence-corrected chi connectivity index (χ4v) is 2.45. The fraction of sp³-hybridized carbons (Fsp3) is 0.750. The second-order valence-electron chi connectivity index (χ2n) is 4.70. The van der Waals surface area contributed by atoms with Crippen LogP contribution in [0.3, 0.4) is 0 Å². The second kappa shape index (κ2) is 4.97. The van der Waals surface area contributed by atoms with Gasteiger partial charge in [-0.3, -0.25) is 4.68 Å². The number of hydrogen-bond donors (Lipinski definition) is 2. The molecule has 2 atom stereocenters. The first kappa shape index (κ1) is 11.6. The first-order valence-corrected chi connectivity index (χ1v) is 6.10. The molecule has 0 radical (unpaired) electrons. The van der Waals surface area contributed by atoms with Crippen molar-refractivity contribution >= 4 is 0 Å². The minimum Gasteiger partial charge on any atom is -0.387 e. The van der Waals surface area contributed by atoms with Crippen LogP contribution in [-0.4, -0.2) is 27.5 Å². The molecule has 0 amide bonds. The van der Waals surface area contributed by atoms with Crippen LogP contribution >= 0.6 is 0 Å². The van der Waals surface area contributed by atoms with Crippen molar-refractivity contribution in [2.45, 2.75) is 44.8 Å². The Labute approximate surface area is 96.7 Å². The molecular weight excluding hydrogens is 202 g/mol. The monoisotopic (exact) mass is 223 g/mol. The summed E-state index contributed by atoms with van der Waals surface area (Å²) in [5.41, 5.74) is 1.89. The average molecular weight is 223 g/mol. The standard InChI is InChI=1S/C12H21N3O/c1-9-10(8-15(2)14-9)12(16)11-6-4-3-5-7-13-11/h8,11-13,16H,3-7H2,1-2H3. The predicted octanol–water partition coefficient (Wildman–Crippen LogP) is 1.29. The molecule has 1 aromatic rings. The third-order valence-corrected chi connectivity index (χ3v) is 3.35. The molecule has 0 bridgehead atoms. The number of rotatable bonds is 2. The maximum atomic E-state index is 10.3. The van der Waals surface area contributed by atoms with Crippen molar-refractivity contribution in [3.8, 4) is 0 Å². The Balaban J connectivity index is 2.10. The number of aromatic nitrogens is 2. The Morgan fingerprint density at radius 3 is 3.00 bits per heavy atom. The third-order valence-electron chi connectivity index (χ3n) is 3.35. The molecule has 2 heterocycles. The molecule has 1 aliphatic heterocycles. The van der Waals surface area contributed by atoms with E-state index < -0.39 is 6.10 Å². The highest BCUT2D eigenvalue weighted by atomic mass is 16.3. The maximum absolute atomic E-state index is 10.3. The van der Waals surface area contributed by atoms with Gasteiger partial charge in [-0.2, -0.15) is 5.10 Å². The Kier molecular flexibility index (Phi) is 3.61. The lowest BCUT2D eigenvalue weighted by atomic mass is 9.99. The van der Waals surface area contributed by atoms with E-state index in [1.165, 1.54) is 19.3 Å². The first-order chi connectivity index (χ1) is 7.68. The van der Waals surface area contributed by atoms with Crippen molar-refractivity contribution < 1.29 is 5.11 Å². The summed E-state index contributed by atoms with van der Waals surface area (Å²) in [6, 6.07) is 0.186. The van der Waals surface area contributed by atoms with E-state index in [1.807, 2.05) is 20.2 Å². The van der Waals surface area contributed by atoms with Crippen molar-refractivity contribution in [3.63, 3.8) is 0 Å². The van der Waals surface area contributed by atoms with Gasteiger partial charge in [0, 0.05) is 24.8 Å². The summed E-state index contributed by atoms with van der Waals surface area (Å²) in [4.78, 5) is 0. The van der Waals surface area contributed by atoms with Crippen LogP contribution in [0.4, 0.5) is 0 Å². The zero-order valence-corrected chi connectivity index (χ0v) is 10.1. The summed E-state index contributed by atoms with van der Waals surface area (Å²) >= 11 is 0.